The minimum Gasteiger partial charge on any atom is -0.489 e. The molecule has 0 bridgehead atoms. The monoisotopic (exact) mass is 350 g/mol. The standard InChI is InChI=1S/C23H26O3/c1-16-21-14-19(25-15-17-8-4-2-5-9-17)12-13-20(21)22(24)23(26-16)18-10-6-3-7-11-18/h2,4-5,8-9,12-14,16,18,23H,3,6-7,10-11,15H2,1H3/t16-,23+/m0/s1. The largest absolute Gasteiger partial charge is 0.489 e. The summed E-state index contributed by atoms with van der Waals surface area (Å²) in [7, 11) is 0. The number of hydrogen-bond donors (Lipinski definition) is 0. The highest BCUT2D eigenvalue weighted by molar-refractivity contribution is 6.02. The van der Waals surface area contributed by atoms with E-state index in [9.17, 15) is 4.79 Å². The highest BCUT2D eigenvalue weighted by Gasteiger charge is 2.38. The Labute approximate surface area is 155 Å². The van der Waals surface area contributed by atoms with E-state index >= 15 is 0 Å². The van der Waals surface area contributed by atoms with Gasteiger partial charge in [0.1, 0.15) is 18.5 Å². The molecule has 0 unspecified atom stereocenters. The zero-order chi connectivity index (χ0) is 17.9. The van der Waals surface area contributed by atoms with Crippen molar-refractivity contribution in [3.05, 3.63) is 65.2 Å². The lowest BCUT2D eigenvalue weighted by atomic mass is 9.80. The van der Waals surface area contributed by atoms with Crippen molar-refractivity contribution in [2.75, 3.05) is 0 Å². The van der Waals surface area contributed by atoms with E-state index < -0.39 is 0 Å². The van der Waals surface area contributed by atoms with Crippen LogP contribution in [-0.2, 0) is 11.3 Å². The Bertz CT molecular complexity index is 762. The molecule has 1 saturated carbocycles. The van der Waals surface area contributed by atoms with Crippen molar-refractivity contribution in [3.63, 3.8) is 0 Å². The molecular weight excluding hydrogens is 324 g/mol. The van der Waals surface area contributed by atoms with Gasteiger partial charge in [0.05, 0.1) is 6.10 Å². The number of fused-ring (bicyclic) bond motifs is 1. The number of ether oxygens (including phenoxy) is 2. The van der Waals surface area contributed by atoms with Crippen molar-refractivity contribution in [2.24, 2.45) is 5.92 Å². The van der Waals surface area contributed by atoms with E-state index in [2.05, 4.69) is 0 Å². The Hall–Kier alpha value is -2.13. The molecule has 136 valence electrons. The van der Waals surface area contributed by atoms with Gasteiger partial charge in [-0.3, -0.25) is 4.79 Å². The summed E-state index contributed by atoms with van der Waals surface area (Å²) in [6, 6.07) is 15.9. The Morgan fingerprint density at radius 1 is 1.04 bits per heavy atom. The smallest absolute Gasteiger partial charge is 0.192 e. The van der Waals surface area contributed by atoms with Crippen LogP contribution in [-0.4, -0.2) is 11.9 Å². The molecule has 2 aromatic carbocycles. The van der Waals surface area contributed by atoms with Gasteiger partial charge in [0, 0.05) is 5.56 Å². The molecule has 2 aliphatic rings. The molecule has 2 aromatic rings. The number of carbonyl (C=O) groups excluding carboxylic acids is 1. The molecule has 1 aliphatic heterocycles. The zero-order valence-electron chi connectivity index (χ0n) is 15.3. The number of rotatable bonds is 4. The Morgan fingerprint density at radius 2 is 1.81 bits per heavy atom. The summed E-state index contributed by atoms with van der Waals surface area (Å²) in [5.74, 6) is 1.31. The third-order valence-corrected chi connectivity index (χ3v) is 5.66. The molecule has 4 rings (SSSR count). The number of Topliss-reactive ketones (excluding diaryl/α,β-unsaturated/α-hetero) is 1. The van der Waals surface area contributed by atoms with Crippen LogP contribution < -0.4 is 4.74 Å². The minimum absolute atomic E-state index is 0.0742. The maximum Gasteiger partial charge on any atom is 0.192 e. The third-order valence-electron chi connectivity index (χ3n) is 5.66. The molecule has 26 heavy (non-hydrogen) atoms. The summed E-state index contributed by atoms with van der Waals surface area (Å²) in [5, 5.41) is 0. The van der Waals surface area contributed by atoms with Crippen LogP contribution in [0, 0.1) is 5.92 Å². The Balaban J connectivity index is 1.51. The van der Waals surface area contributed by atoms with Gasteiger partial charge in [-0.25, -0.2) is 0 Å². The van der Waals surface area contributed by atoms with Crippen LogP contribution in [0.5, 0.6) is 5.75 Å². The molecular formula is C23H26O3. The lowest BCUT2D eigenvalue weighted by molar-refractivity contribution is -0.0368. The molecule has 1 fully saturated rings. The van der Waals surface area contributed by atoms with Crippen molar-refractivity contribution < 1.29 is 14.3 Å². The fourth-order valence-electron chi connectivity index (χ4n) is 4.20. The topological polar surface area (TPSA) is 35.5 Å². The summed E-state index contributed by atoms with van der Waals surface area (Å²) < 4.78 is 12.1. The van der Waals surface area contributed by atoms with Gasteiger partial charge in [0.15, 0.2) is 5.78 Å². The van der Waals surface area contributed by atoms with Crippen LogP contribution in [0.4, 0.5) is 0 Å². The summed E-state index contributed by atoms with van der Waals surface area (Å²) in [5.41, 5.74) is 2.89. The van der Waals surface area contributed by atoms with Crippen LogP contribution in [0.1, 0.15) is 66.6 Å². The predicted octanol–water partition coefficient (Wildman–Crippen LogP) is 5.49. The Kier molecular flexibility index (Phi) is 5.07. The van der Waals surface area contributed by atoms with Gasteiger partial charge in [-0.05, 0) is 55.0 Å². The predicted molar refractivity (Wildman–Crippen MR) is 101 cm³/mol. The van der Waals surface area contributed by atoms with Crippen molar-refractivity contribution >= 4 is 5.78 Å². The molecule has 0 saturated heterocycles. The quantitative estimate of drug-likeness (QED) is 0.731. The van der Waals surface area contributed by atoms with Crippen LogP contribution in [0.3, 0.4) is 0 Å². The van der Waals surface area contributed by atoms with Crippen LogP contribution in [0.2, 0.25) is 0 Å². The van der Waals surface area contributed by atoms with E-state index in [0.29, 0.717) is 12.5 Å². The summed E-state index contributed by atoms with van der Waals surface area (Å²) in [4.78, 5) is 13.0. The molecule has 2 atom stereocenters. The molecule has 0 N–H and O–H groups in total. The fraction of sp³-hybridized carbons (Fsp3) is 0.435. The van der Waals surface area contributed by atoms with Gasteiger partial charge >= 0.3 is 0 Å². The van der Waals surface area contributed by atoms with Crippen LogP contribution in [0.15, 0.2) is 48.5 Å². The number of benzene rings is 2. The molecule has 1 heterocycles. The van der Waals surface area contributed by atoms with Gasteiger partial charge in [0.2, 0.25) is 0 Å². The highest BCUT2D eigenvalue weighted by atomic mass is 16.5. The SMILES string of the molecule is C[C@@H]1O[C@H](C2CCCCC2)C(=O)c2ccc(OCc3ccccc3)cc21. The van der Waals surface area contributed by atoms with Crippen molar-refractivity contribution in [1.29, 1.82) is 0 Å². The molecule has 3 heteroatoms. The second-order valence-electron chi connectivity index (χ2n) is 7.48. The molecule has 0 radical (unpaired) electrons. The van der Waals surface area contributed by atoms with E-state index in [1.807, 2.05) is 55.5 Å². The van der Waals surface area contributed by atoms with E-state index in [-0.39, 0.29) is 18.0 Å². The highest BCUT2D eigenvalue weighted by Crippen LogP contribution is 2.38. The van der Waals surface area contributed by atoms with Gasteiger partial charge in [0.25, 0.3) is 0 Å². The number of ketones is 1. The average molecular weight is 350 g/mol. The normalized spacial score (nSPS) is 23.5. The van der Waals surface area contributed by atoms with E-state index in [4.69, 9.17) is 9.47 Å². The first-order valence-corrected chi connectivity index (χ1v) is 9.73. The number of hydrogen-bond acceptors (Lipinski definition) is 3. The first-order valence-electron chi connectivity index (χ1n) is 9.73. The molecule has 1 aliphatic carbocycles. The maximum atomic E-state index is 13.0. The first kappa shape index (κ1) is 17.3. The van der Waals surface area contributed by atoms with Crippen LogP contribution >= 0.6 is 0 Å². The second kappa shape index (κ2) is 7.63. The van der Waals surface area contributed by atoms with E-state index in [1.54, 1.807) is 0 Å². The summed E-state index contributed by atoms with van der Waals surface area (Å²) >= 11 is 0. The lowest BCUT2D eigenvalue weighted by Crippen LogP contribution is -2.38. The van der Waals surface area contributed by atoms with Crippen molar-refractivity contribution in [3.8, 4) is 5.75 Å². The van der Waals surface area contributed by atoms with Crippen LogP contribution in [0.25, 0.3) is 0 Å². The van der Waals surface area contributed by atoms with E-state index in [1.165, 1.54) is 19.3 Å². The van der Waals surface area contributed by atoms with Crippen molar-refractivity contribution in [1.82, 2.24) is 0 Å². The van der Waals surface area contributed by atoms with Gasteiger partial charge in [-0.2, -0.15) is 0 Å². The van der Waals surface area contributed by atoms with Gasteiger partial charge in [-0.15, -0.1) is 0 Å². The molecule has 3 nitrogen and oxygen atoms in total. The molecule has 0 spiro atoms. The summed E-state index contributed by atoms with van der Waals surface area (Å²) in [6.45, 7) is 2.57. The first-order chi connectivity index (χ1) is 12.7. The average Bonchev–Trinajstić information content (AvgIpc) is 2.70. The molecule has 0 aromatic heterocycles. The van der Waals surface area contributed by atoms with Crippen molar-refractivity contribution in [2.45, 2.75) is 57.8 Å². The maximum absolute atomic E-state index is 13.0. The minimum atomic E-state index is -0.270. The van der Waals surface area contributed by atoms with E-state index in [0.717, 1.165) is 35.3 Å². The Morgan fingerprint density at radius 3 is 2.58 bits per heavy atom. The third kappa shape index (κ3) is 3.54. The molecule has 0 amide bonds. The lowest BCUT2D eigenvalue weighted by Gasteiger charge is -2.35. The summed E-state index contributed by atoms with van der Waals surface area (Å²) in [6.07, 6.45) is 5.58. The fourth-order valence-corrected chi connectivity index (χ4v) is 4.20. The number of carbonyl (C=O) groups is 1. The zero-order valence-corrected chi connectivity index (χ0v) is 15.3. The second-order valence-corrected chi connectivity index (χ2v) is 7.48. The van der Waals surface area contributed by atoms with Gasteiger partial charge in [-0.1, -0.05) is 49.6 Å². The van der Waals surface area contributed by atoms with Gasteiger partial charge < -0.3 is 9.47 Å².